The van der Waals surface area contributed by atoms with Gasteiger partial charge in [-0.3, -0.25) is 14.9 Å². The van der Waals surface area contributed by atoms with Gasteiger partial charge in [0.15, 0.2) is 6.61 Å². The molecule has 0 saturated heterocycles. The summed E-state index contributed by atoms with van der Waals surface area (Å²) in [7, 11) is 0. The number of ether oxygens (including phenoxy) is 2. The summed E-state index contributed by atoms with van der Waals surface area (Å²) in [6, 6.07) is 9.19. The molecule has 2 aromatic rings. The zero-order chi connectivity index (χ0) is 20.0. The number of rotatable bonds is 7. The average Bonchev–Trinajstić information content (AvgIpc) is 2.63. The van der Waals surface area contributed by atoms with Crippen molar-refractivity contribution in [2.75, 3.05) is 18.5 Å². The molecule has 0 aliphatic rings. The second-order valence-electron chi connectivity index (χ2n) is 5.80. The lowest BCUT2D eigenvalue weighted by Crippen LogP contribution is -2.21. The molecule has 2 rings (SSSR count). The van der Waals surface area contributed by atoms with Crippen molar-refractivity contribution in [1.29, 1.82) is 0 Å². The van der Waals surface area contributed by atoms with E-state index in [4.69, 9.17) is 9.47 Å². The highest BCUT2D eigenvalue weighted by molar-refractivity contribution is 5.94. The molecule has 0 atom stereocenters. The topological polar surface area (TPSA) is 108 Å². The fraction of sp³-hybridized carbons (Fsp3) is 0.263. The second kappa shape index (κ2) is 8.79. The standard InChI is InChI=1S/C19H20N2O6/c1-4-26-19(23)14-6-5-7-15(10-14)27-11-18(22)20-16-8-12(2)13(3)9-17(16)21(24)25/h5-10H,4,11H2,1-3H3,(H,20,22). The Kier molecular flexibility index (Phi) is 6.48. The molecule has 0 fully saturated rings. The van der Waals surface area contributed by atoms with Gasteiger partial charge in [0.1, 0.15) is 11.4 Å². The molecule has 2 aromatic carbocycles. The number of nitro groups is 1. The molecule has 0 aliphatic carbocycles. The van der Waals surface area contributed by atoms with E-state index < -0.39 is 16.8 Å². The van der Waals surface area contributed by atoms with Crippen molar-refractivity contribution in [3.63, 3.8) is 0 Å². The third-order valence-corrected chi connectivity index (χ3v) is 3.80. The third-order valence-electron chi connectivity index (χ3n) is 3.80. The number of anilines is 1. The summed E-state index contributed by atoms with van der Waals surface area (Å²) in [6.45, 7) is 5.14. The molecule has 8 heteroatoms. The Balaban J connectivity index is 2.05. The van der Waals surface area contributed by atoms with Gasteiger partial charge in [-0.2, -0.15) is 0 Å². The van der Waals surface area contributed by atoms with Crippen molar-refractivity contribution in [3.05, 3.63) is 63.2 Å². The van der Waals surface area contributed by atoms with Gasteiger partial charge in [-0.1, -0.05) is 6.07 Å². The molecule has 27 heavy (non-hydrogen) atoms. The number of carbonyl (C=O) groups excluding carboxylic acids is 2. The zero-order valence-corrected chi connectivity index (χ0v) is 15.3. The Bertz CT molecular complexity index is 878. The van der Waals surface area contributed by atoms with Crippen LogP contribution in [-0.2, 0) is 9.53 Å². The van der Waals surface area contributed by atoms with Crippen LogP contribution in [0, 0.1) is 24.0 Å². The molecule has 142 valence electrons. The third kappa shape index (κ3) is 5.27. The van der Waals surface area contributed by atoms with Crippen molar-refractivity contribution in [2.24, 2.45) is 0 Å². The number of amides is 1. The van der Waals surface area contributed by atoms with Crippen molar-refractivity contribution < 1.29 is 24.0 Å². The fourth-order valence-electron chi connectivity index (χ4n) is 2.31. The minimum atomic E-state index is -0.553. The van der Waals surface area contributed by atoms with Crippen LogP contribution in [-0.4, -0.2) is 30.0 Å². The van der Waals surface area contributed by atoms with Gasteiger partial charge in [0.2, 0.25) is 0 Å². The molecular formula is C19H20N2O6. The summed E-state index contributed by atoms with van der Waals surface area (Å²) < 4.78 is 10.3. The van der Waals surface area contributed by atoms with E-state index in [1.807, 2.05) is 0 Å². The molecule has 8 nitrogen and oxygen atoms in total. The lowest BCUT2D eigenvalue weighted by molar-refractivity contribution is -0.384. The molecule has 0 unspecified atom stereocenters. The predicted octanol–water partition coefficient (Wildman–Crippen LogP) is 3.41. The fourth-order valence-corrected chi connectivity index (χ4v) is 2.31. The first-order chi connectivity index (χ1) is 12.8. The van der Waals surface area contributed by atoms with E-state index in [1.54, 1.807) is 45.0 Å². The van der Waals surface area contributed by atoms with Crippen molar-refractivity contribution in [1.82, 2.24) is 0 Å². The average molecular weight is 372 g/mol. The quantitative estimate of drug-likeness (QED) is 0.453. The van der Waals surface area contributed by atoms with Crippen LogP contribution in [0.2, 0.25) is 0 Å². The van der Waals surface area contributed by atoms with Crippen LogP contribution < -0.4 is 10.1 Å². The Morgan fingerprint density at radius 2 is 1.85 bits per heavy atom. The van der Waals surface area contributed by atoms with Crippen LogP contribution in [0.5, 0.6) is 5.75 Å². The van der Waals surface area contributed by atoms with Gasteiger partial charge in [-0.05, 0) is 56.2 Å². The molecular weight excluding hydrogens is 352 g/mol. The number of aryl methyl sites for hydroxylation is 2. The van der Waals surface area contributed by atoms with Crippen molar-refractivity contribution >= 4 is 23.3 Å². The van der Waals surface area contributed by atoms with E-state index >= 15 is 0 Å². The minimum absolute atomic E-state index is 0.108. The molecule has 0 radical (unpaired) electrons. The Hall–Kier alpha value is -3.42. The monoisotopic (exact) mass is 372 g/mol. The Morgan fingerprint density at radius 1 is 1.15 bits per heavy atom. The van der Waals surface area contributed by atoms with Gasteiger partial charge in [-0.15, -0.1) is 0 Å². The summed E-state index contributed by atoms with van der Waals surface area (Å²) in [5, 5.41) is 13.7. The molecule has 1 N–H and O–H groups in total. The second-order valence-corrected chi connectivity index (χ2v) is 5.80. The van der Waals surface area contributed by atoms with E-state index in [1.165, 1.54) is 12.1 Å². The van der Waals surface area contributed by atoms with Crippen LogP contribution in [0.15, 0.2) is 36.4 Å². The van der Waals surface area contributed by atoms with E-state index in [0.717, 1.165) is 11.1 Å². The number of carbonyl (C=O) groups is 2. The smallest absolute Gasteiger partial charge is 0.338 e. The number of benzene rings is 2. The summed E-state index contributed by atoms with van der Waals surface area (Å²) in [5.41, 5.74) is 1.80. The maximum absolute atomic E-state index is 12.1. The largest absolute Gasteiger partial charge is 0.484 e. The van der Waals surface area contributed by atoms with Crippen LogP contribution in [0.4, 0.5) is 11.4 Å². The summed E-state index contributed by atoms with van der Waals surface area (Å²) >= 11 is 0. The van der Waals surface area contributed by atoms with Gasteiger partial charge in [0, 0.05) is 6.07 Å². The van der Waals surface area contributed by atoms with Gasteiger partial charge in [0.05, 0.1) is 17.1 Å². The van der Waals surface area contributed by atoms with Crippen LogP contribution in [0.3, 0.4) is 0 Å². The number of esters is 1. The number of nitrogens with one attached hydrogen (secondary N) is 1. The summed E-state index contributed by atoms with van der Waals surface area (Å²) in [5.74, 6) is -0.730. The highest BCUT2D eigenvalue weighted by Crippen LogP contribution is 2.28. The maximum atomic E-state index is 12.1. The highest BCUT2D eigenvalue weighted by Gasteiger charge is 2.18. The summed E-state index contributed by atoms with van der Waals surface area (Å²) in [6.07, 6.45) is 0. The van der Waals surface area contributed by atoms with Crippen LogP contribution >= 0.6 is 0 Å². The van der Waals surface area contributed by atoms with E-state index in [-0.39, 0.29) is 24.6 Å². The molecule has 0 saturated carbocycles. The highest BCUT2D eigenvalue weighted by atomic mass is 16.6. The first-order valence-electron chi connectivity index (χ1n) is 8.27. The van der Waals surface area contributed by atoms with Crippen LogP contribution in [0.1, 0.15) is 28.4 Å². The Morgan fingerprint density at radius 3 is 2.52 bits per heavy atom. The van der Waals surface area contributed by atoms with Crippen molar-refractivity contribution in [2.45, 2.75) is 20.8 Å². The SMILES string of the molecule is CCOC(=O)c1cccc(OCC(=O)Nc2cc(C)c(C)cc2[N+](=O)[O-])c1. The van der Waals surface area contributed by atoms with Gasteiger partial charge >= 0.3 is 5.97 Å². The predicted molar refractivity (Wildman–Crippen MR) is 99.1 cm³/mol. The van der Waals surface area contributed by atoms with Crippen LogP contribution in [0.25, 0.3) is 0 Å². The maximum Gasteiger partial charge on any atom is 0.338 e. The minimum Gasteiger partial charge on any atom is -0.484 e. The zero-order valence-electron chi connectivity index (χ0n) is 15.3. The molecule has 0 aromatic heterocycles. The number of nitro benzene ring substituents is 1. The normalized spacial score (nSPS) is 10.2. The molecule has 0 aliphatic heterocycles. The first-order valence-corrected chi connectivity index (χ1v) is 8.27. The van der Waals surface area contributed by atoms with E-state index in [0.29, 0.717) is 11.3 Å². The van der Waals surface area contributed by atoms with E-state index in [2.05, 4.69) is 5.32 Å². The molecule has 0 bridgehead atoms. The van der Waals surface area contributed by atoms with Gasteiger partial charge < -0.3 is 14.8 Å². The van der Waals surface area contributed by atoms with E-state index in [9.17, 15) is 19.7 Å². The lowest BCUT2D eigenvalue weighted by Gasteiger charge is -2.10. The molecule has 0 spiro atoms. The number of hydrogen-bond acceptors (Lipinski definition) is 6. The van der Waals surface area contributed by atoms with Crippen molar-refractivity contribution in [3.8, 4) is 5.75 Å². The number of nitrogens with zero attached hydrogens (tertiary/aromatic N) is 1. The van der Waals surface area contributed by atoms with Gasteiger partial charge in [-0.25, -0.2) is 4.79 Å². The first kappa shape index (κ1) is 19.9. The summed E-state index contributed by atoms with van der Waals surface area (Å²) in [4.78, 5) is 34.5. The molecule has 1 amide bonds. The number of hydrogen-bond donors (Lipinski definition) is 1. The molecule has 0 heterocycles. The lowest BCUT2D eigenvalue weighted by atomic mass is 10.1. The van der Waals surface area contributed by atoms with Gasteiger partial charge in [0.25, 0.3) is 11.6 Å². The Labute approximate surface area is 156 Å².